The molecule has 0 atom stereocenters. The molecule has 1 aliphatic heterocycles. The van der Waals surface area contributed by atoms with Crippen LogP contribution in [0.4, 0.5) is 0 Å². The van der Waals surface area contributed by atoms with E-state index in [-0.39, 0.29) is 11.8 Å². The Labute approximate surface area is 137 Å². The number of hydrogen-bond donors (Lipinski definition) is 0. The molecular weight excluding hydrogens is 322 g/mol. The molecule has 0 aliphatic carbocycles. The van der Waals surface area contributed by atoms with Crippen LogP contribution in [0.25, 0.3) is 0 Å². The highest BCUT2D eigenvalue weighted by molar-refractivity contribution is 7.17. The normalized spacial score (nSPS) is 15.0. The highest BCUT2D eigenvalue weighted by Crippen LogP contribution is 2.23. The minimum atomic E-state index is -0.0423. The Morgan fingerprint density at radius 2 is 1.73 bits per heavy atom. The van der Waals surface area contributed by atoms with Gasteiger partial charge in [-0.15, -0.1) is 11.3 Å². The molecule has 2 aromatic heterocycles. The van der Waals surface area contributed by atoms with Gasteiger partial charge in [0.15, 0.2) is 0 Å². The fraction of sp³-hybridized carbons (Fsp3) is 0.267. The summed E-state index contributed by atoms with van der Waals surface area (Å²) in [6.45, 7) is 2.11. The summed E-state index contributed by atoms with van der Waals surface area (Å²) in [6.07, 6.45) is 3.20. The smallest absolute Gasteiger partial charge is 0.264 e. The zero-order valence-corrected chi connectivity index (χ0v) is 13.3. The number of carbonyl (C=O) groups is 2. The first-order valence-electron chi connectivity index (χ1n) is 6.89. The third-order valence-electron chi connectivity index (χ3n) is 3.55. The van der Waals surface area contributed by atoms with Gasteiger partial charge in [0.2, 0.25) is 0 Å². The Hall–Kier alpha value is -1.92. The van der Waals surface area contributed by atoms with Crippen molar-refractivity contribution in [2.45, 2.75) is 0 Å². The Morgan fingerprint density at radius 3 is 2.27 bits per heavy atom. The van der Waals surface area contributed by atoms with Crippen LogP contribution in [0.5, 0.6) is 0 Å². The number of halogens is 1. The fourth-order valence-electron chi connectivity index (χ4n) is 2.37. The maximum absolute atomic E-state index is 12.3. The minimum Gasteiger partial charge on any atom is -0.335 e. The predicted molar refractivity (Wildman–Crippen MR) is 85.4 cm³/mol. The third-order valence-corrected chi connectivity index (χ3v) is 4.77. The Balaban J connectivity index is 1.61. The standard InChI is InChI=1S/C15H14ClN3O2S/c16-13-4-3-12(22-13)15(21)19-8-6-18(7-9-19)14(20)11-2-1-5-17-10-11/h1-5,10H,6-9H2. The second-order valence-corrected chi connectivity index (χ2v) is 6.64. The van der Waals surface area contributed by atoms with E-state index in [0.717, 1.165) is 0 Å². The van der Waals surface area contributed by atoms with E-state index < -0.39 is 0 Å². The molecule has 5 nitrogen and oxygen atoms in total. The quantitative estimate of drug-likeness (QED) is 0.846. The summed E-state index contributed by atoms with van der Waals surface area (Å²) in [4.78, 5) is 32.8. The maximum Gasteiger partial charge on any atom is 0.264 e. The lowest BCUT2D eigenvalue weighted by molar-refractivity contribution is 0.0538. The van der Waals surface area contributed by atoms with Gasteiger partial charge >= 0.3 is 0 Å². The number of amides is 2. The van der Waals surface area contributed by atoms with Crippen molar-refractivity contribution in [1.29, 1.82) is 0 Å². The lowest BCUT2D eigenvalue weighted by Crippen LogP contribution is -2.50. The maximum atomic E-state index is 12.3. The Kier molecular flexibility index (Phi) is 4.40. The number of nitrogens with zero attached hydrogens (tertiary/aromatic N) is 3. The number of hydrogen-bond acceptors (Lipinski definition) is 4. The molecule has 0 unspecified atom stereocenters. The topological polar surface area (TPSA) is 53.5 Å². The molecule has 3 heterocycles. The average Bonchev–Trinajstić information content (AvgIpc) is 3.01. The molecule has 22 heavy (non-hydrogen) atoms. The first kappa shape index (κ1) is 15.0. The molecule has 114 valence electrons. The summed E-state index contributed by atoms with van der Waals surface area (Å²) in [5, 5.41) is 0. The lowest BCUT2D eigenvalue weighted by atomic mass is 10.2. The SMILES string of the molecule is O=C(c1cccnc1)N1CCN(C(=O)c2ccc(Cl)s2)CC1. The van der Waals surface area contributed by atoms with Crippen molar-refractivity contribution in [3.8, 4) is 0 Å². The van der Waals surface area contributed by atoms with E-state index in [4.69, 9.17) is 11.6 Å². The summed E-state index contributed by atoms with van der Waals surface area (Å²) in [5.74, 6) is -0.0651. The molecule has 7 heteroatoms. The van der Waals surface area contributed by atoms with E-state index in [2.05, 4.69) is 4.98 Å². The summed E-state index contributed by atoms with van der Waals surface area (Å²) in [6, 6.07) is 6.96. The highest BCUT2D eigenvalue weighted by atomic mass is 35.5. The van der Waals surface area contributed by atoms with Gasteiger partial charge in [-0.3, -0.25) is 14.6 Å². The van der Waals surface area contributed by atoms with Crippen LogP contribution in [-0.2, 0) is 0 Å². The zero-order chi connectivity index (χ0) is 15.5. The highest BCUT2D eigenvalue weighted by Gasteiger charge is 2.26. The van der Waals surface area contributed by atoms with E-state index in [9.17, 15) is 9.59 Å². The van der Waals surface area contributed by atoms with Crippen LogP contribution in [0.3, 0.4) is 0 Å². The molecule has 1 saturated heterocycles. The average molecular weight is 336 g/mol. The van der Waals surface area contributed by atoms with Gasteiger partial charge in [-0.25, -0.2) is 0 Å². The van der Waals surface area contributed by atoms with Crippen molar-refractivity contribution in [3.63, 3.8) is 0 Å². The molecular formula is C15H14ClN3O2S. The molecule has 1 fully saturated rings. The largest absolute Gasteiger partial charge is 0.335 e. The van der Waals surface area contributed by atoms with E-state index in [1.807, 2.05) is 0 Å². The van der Waals surface area contributed by atoms with Gasteiger partial charge in [-0.05, 0) is 24.3 Å². The number of pyridine rings is 1. The predicted octanol–water partition coefficient (Wildman–Crippen LogP) is 2.39. The molecule has 0 saturated carbocycles. The Morgan fingerprint density at radius 1 is 1.05 bits per heavy atom. The van der Waals surface area contributed by atoms with Crippen molar-refractivity contribution in [2.75, 3.05) is 26.2 Å². The number of aromatic nitrogens is 1. The van der Waals surface area contributed by atoms with Crippen molar-refractivity contribution >= 4 is 34.8 Å². The van der Waals surface area contributed by atoms with Crippen molar-refractivity contribution in [3.05, 3.63) is 51.4 Å². The third kappa shape index (κ3) is 3.13. The van der Waals surface area contributed by atoms with Gasteiger partial charge in [0, 0.05) is 38.6 Å². The van der Waals surface area contributed by atoms with Crippen LogP contribution < -0.4 is 0 Å². The van der Waals surface area contributed by atoms with Crippen molar-refractivity contribution < 1.29 is 9.59 Å². The van der Waals surface area contributed by atoms with Crippen LogP contribution in [0.15, 0.2) is 36.7 Å². The molecule has 0 radical (unpaired) electrons. The van der Waals surface area contributed by atoms with Gasteiger partial charge in [0.1, 0.15) is 0 Å². The molecule has 0 N–H and O–H groups in total. The van der Waals surface area contributed by atoms with Crippen LogP contribution in [-0.4, -0.2) is 52.8 Å². The van der Waals surface area contributed by atoms with E-state index in [0.29, 0.717) is 41.0 Å². The first-order chi connectivity index (χ1) is 10.6. The fourth-order valence-corrected chi connectivity index (χ4v) is 3.38. The second-order valence-electron chi connectivity index (χ2n) is 4.93. The number of rotatable bonds is 2. The molecule has 0 bridgehead atoms. The Bertz CT molecular complexity index is 681. The van der Waals surface area contributed by atoms with Gasteiger partial charge in [-0.1, -0.05) is 11.6 Å². The summed E-state index contributed by atoms with van der Waals surface area (Å²) < 4.78 is 0.605. The van der Waals surface area contributed by atoms with Crippen LogP contribution in [0.1, 0.15) is 20.0 Å². The molecule has 2 aromatic rings. The van der Waals surface area contributed by atoms with Crippen LogP contribution in [0.2, 0.25) is 4.34 Å². The summed E-state index contributed by atoms with van der Waals surface area (Å²) in [7, 11) is 0. The summed E-state index contributed by atoms with van der Waals surface area (Å²) in [5.41, 5.74) is 0.576. The van der Waals surface area contributed by atoms with Gasteiger partial charge in [0.25, 0.3) is 11.8 Å². The van der Waals surface area contributed by atoms with Crippen LogP contribution >= 0.6 is 22.9 Å². The molecule has 0 aromatic carbocycles. The van der Waals surface area contributed by atoms with Gasteiger partial charge in [0.05, 0.1) is 14.8 Å². The van der Waals surface area contributed by atoms with Crippen molar-refractivity contribution in [2.24, 2.45) is 0 Å². The number of piperazine rings is 1. The van der Waals surface area contributed by atoms with E-state index in [1.54, 1.807) is 46.5 Å². The van der Waals surface area contributed by atoms with Gasteiger partial charge < -0.3 is 9.80 Å². The lowest BCUT2D eigenvalue weighted by Gasteiger charge is -2.34. The van der Waals surface area contributed by atoms with Crippen LogP contribution in [0, 0.1) is 0 Å². The second kappa shape index (κ2) is 6.46. The van der Waals surface area contributed by atoms with E-state index in [1.165, 1.54) is 11.3 Å². The molecule has 2 amide bonds. The number of carbonyl (C=O) groups excluding carboxylic acids is 2. The number of thiophene rings is 1. The minimum absolute atomic E-state index is 0.0228. The molecule has 0 spiro atoms. The van der Waals surface area contributed by atoms with Gasteiger partial charge in [-0.2, -0.15) is 0 Å². The van der Waals surface area contributed by atoms with Crippen molar-refractivity contribution in [1.82, 2.24) is 14.8 Å². The van der Waals surface area contributed by atoms with E-state index >= 15 is 0 Å². The zero-order valence-electron chi connectivity index (χ0n) is 11.7. The summed E-state index contributed by atoms with van der Waals surface area (Å²) >= 11 is 7.14. The molecule has 3 rings (SSSR count). The monoisotopic (exact) mass is 335 g/mol. The first-order valence-corrected chi connectivity index (χ1v) is 8.08. The molecule has 1 aliphatic rings.